The van der Waals surface area contributed by atoms with E-state index in [0.29, 0.717) is 0 Å². The van der Waals surface area contributed by atoms with Crippen LogP contribution in [0.2, 0.25) is 0 Å². The van der Waals surface area contributed by atoms with Crippen LogP contribution in [0.4, 0.5) is 9.41 Å². The summed E-state index contributed by atoms with van der Waals surface area (Å²) in [6.45, 7) is 7.38. The Morgan fingerprint density at radius 1 is 0.413 bits per heavy atom. The van der Waals surface area contributed by atoms with Crippen LogP contribution in [0.15, 0.2) is 146 Å². The summed E-state index contributed by atoms with van der Waals surface area (Å²) in [4.78, 5) is 0. The molecule has 0 N–H and O–H groups in total. The molecule has 0 spiro atoms. The van der Waals surface area contributed by atoms with Crippen molar-refractivity contribution in [3.8, 4) is 22.3 Å². The van der Waals surface area contributed by atoms with Crippen LogP contribution in [0.25, 0.3) is 65.3 Å². The summed E-state index contributed by atoms with van der Waals surface area (Å²) in [5, 5.41) is 10.6. The molecular weight excluding hydrogens is 662 g/mol. The summed E-state index contributed by atoms with van der Waals surface area (Å²) >= 11 is 1.36. The number of hydrogen-bond acceptors (Lipinski definition) is 0. The first-order valence-electron chi connectivity index (χ1n) is 14.2. The van der Waals surface area contributed by atoms with Gasteiger partial charge in [0.05, 0.1) is 0 Å². The maximum absolute atomic E-state index is 3.06. The van der Waals surface area contributed by atoms with E-state index in [-0.39, 0.29) is 24.3 Å². The van der Waals surface area contributed by atoms with Crippen molar-refractivity contribution in [2.75, 3.05) is 0 Å². The van der Waals surface area contributed by atoms with Crippen molar-refractivity contribution < 1.29 is 32.7 Å². The zero-order chi connectivity index (χ0) is 29.1. The van der Waals surface area contributed by atoms with Crippen molar-refractivity contribution in [1.82, 2.24) is 0 Å². The average molecular weight is 700 g/mol. The normalized spacial score (nSPS) is 9.85. The van der Waals surface area contributed by atoms with Gasteiger partial charge >= 0.3 is 30.2 Å². The molecule has 232 valence electrons. The monoisotopic (exact) mass is 698 g/mol. The maximum atomic E-state index is 3.06. The molecule has 8 aromatic rings. The third kappa shape index (κ3) is 7.52. The molecule has 0 aliphatic rings. The van der Waals surface area contributed by atoms with Crippen LogP contribution in [-0.4, -0.2) is 6.88 Å². The zero-order valence-corrected chi connectivity index (χ0v) is 30.1. The fourth-order valence-electron chi connectivity index (χ4n) is 6.16. The third-order valence-corrected chi connectivity index (χ3v) is 7.95. The second kappa shape index (κ2) is 17.1. The summed E-state index contributed by atoms with van der Waals surface area (Å²) in [5.74, 6) is 0. The van der Waals surface area contributed by atoms with Crippen LogP contribution in [0.5, 0.6) is 0 Å². The van der Waals surface area contributed by atoms with Crippen molar-refractivity contribution in [3.63, 3.8) is 0 Å². The van der Waals surface area contributed by atoms with E-state index in [1.54, 1.807) is 0 Å². The summed E-state index contributed by atoms with van der Waals surface area (Å²) < 4.78 is 0. The van der Waals surface area contributed by atoms with Gasteiger partial charge in [-0.15, -0.1) is 69.1 Å². The molecule has 2 radical (unpaired) electrons. The predicted octanol–water partition coefficient (Wildman–Crippen LogP) is 12.2. The molecule has 8 rings (SSSR count). The van der Waals surface area contributed by atoms with Crippen molar-refractivity contribution in [3.05, 3.63) is 172 Å². The van der Waals surface area contributed by atoms with Crippen LogP contribution < -0.4 is 0 Å². The van der Waals surface area contributed by atoms with Gasteiger partial charge in [0.25, 0.3) is 0 Å². The second-order valence-corrected chi connectivity index (χ2v) is 10.7. The topological polar surface area (TPSA) is 0 Å². The van der Waals surface area contributed by atoms with E-state index in [1.165, 1.54) is 99.8 Å². The molecule has 8 aromatic carbocycles. The molecule has 0 saturated heterocycles. The van der Waals surface area contributed by atoms with Crippen molar-refractivity contribution in [2.24, 2.45) is 0 Å². The fourth-order valence-corrected chi connectivity index (χ4v) is 6.16. The number of halogens is 2. The molecule has 0 unspecified atom stereocenters. The van der Waals surface area contributed by atoms with Crippen LogP contribution in [-0.2, 0) is 23.3 Å². The van der Waals surface area contributed by atoms with Crippen LogP contribution in [0.3, 0.4) is 0 Å². The Balaban J connectivity index is 0.000000281. The number of aryl methyl sites for hydroxylation is 2. The van der Waals surface area contributed by atoms with Crippen molar-refractivity contribution >= 4 is 50.0 Å². The Bertz CT molecular complexity index is 2010. The fraction of sp³-hybridized carbons (Fsp3) is 0.0476. The standard InChI is InChI=1S/2C20H15.2CH3.2FH.Si.Zr/c2*1-14-12-16-8-5-11-19(20(16)13-14)18-10-4-7-15-6-2-3-9-17(15)18;;;;;;/h2*2-13H,1H3;2*1H3;2*1H;;/q4*-1;;;;. The van der Waals surface area contributed by atoms with Gasteiger partial charge in [0.1, 0.15) is 0 Å². The molecule has 0 saturated carbocycles. The van der Waals surface area contributed by atoms with Crippen LogP contribution in [0.1, 0.15) is 11.1 Å². The molecule has 46 heavy (non-hydrogen) atoms. The van der Waals surface area contributed by atoms with Gasteiger partial charge in [0.2, 0.25) is 0 Å². The minimum atomic E-state index is 0. The number of hydrogen-bond donors (Lipinski definition) is 0. The first-order chi connectivity index (χ1) is 20.7. The number of benzene rings is 6. The van der Waals surface area contributed by atoms with Gasteiger partial charge in [0, 0.05) is 0 Å². The molecule has 0 amide bonds. The minimum absolute atomic E-state index is 0. The molecule has 0 atom stereocenters. The van der Waals surface area contributed by atoms with Gasteiger partial charge in [-0.1, -0.05) is 122 Å². The molecule has 0 aromatic heterocycles. The summed E-state index contributed by atoms with van der Waals surface area (Å²) in [6, 6.07) is 52.5. The van der Waals surface area contributed by atoms with Gasteiger partial charge in [-0.2, -0.15) is 12.1 Å². The molecule has 0 nitrogen and oxygen atoms in total. The Hall–Kier alpha value is -3.98. The van der Waals surface area contributed by atoms with E-state index in [9.17, 15) is 0 Å². The molecular formula is C42H38F2SiZr-4. The third-order valence-electron chi connectivity index (χ3n) is 7.95. The number of rotatable bonds is 2. The van der Waals surface area contributed by atoms with E-state index in [2.05, 4.69) is 166 Å². The molecule has 0 bridgehead atoms. The number of fused-ring (bicyclic) bond motifs is 4. The van der Waals surface area contributed by atoms with Gasteiger partial charge in [-0.25, -0.2) is 0 Å². The SMILES string of the molecule is Cc1cc2c(-c3cccc4ccccc34)cccc2[cH-]1.Cc1cc2c(-c3cccc4ccccc34)cccc2[cH-]1.F.F.[CH3-].[CH3-].[Si]=[Zr]. The Morgan fingerprint density at radius 3 is 1.11 bits per heavy atom. The quantitative estimate of drug-likeness (QED) is 0.124. The van der Waals surface area contributed by atoms with Gasteiger partial charge in [-0.3, -0.25) is 9.41 Å². The summed E-state index contributed by atoms with van der Waals surface area (Å²) in [7, 11) is 0. The molecule has 0 heterocycles. The van der Waals surface area contributed by atoms with Gasteiger partial charge in [-0.05, 0) is 32.7 Å². The van der Waals surface area contributed by atoms with E-state index in [1.807, 2.05) is 0 Å². The van der Waals surface area contributed by atoms with E-state index in [4.69, 9.17) is 0 Å². The first kappa shape index (κ1) is 38.2. The zero-order valence-electron chi connectivity index (χ0n) is 26.7. The van der Waals surface area contributed by atoms with E-state index in [0.717, 1.165) is 0 Å². The van der Waals surface area contributed by atoms with Gasteiger partial charge in [0.15, 0.2) is 0 Å². The van der Waals surface area contributed by atoms with Crippen LogP contribution >= 0.6 is 0 Å². The van der Waals surface area contributed by atoms with E-state index < -0.39 is 0 Å². The molecule has 0 aliphatic carbocycles. The first-order valence-corrected chi connectivity index (χ1v) is 18.4. The van der Waals surface area contributed by atoms with Gasteiger partial charge < -0.3 is 14.9 Å². The van der Waals surface area contributed by atoms with Crippen molar-refractivity contribution in [1.29, 1.82) is 0 Å². The Morgan fingerprint density at radius 2 is 0.717 bits per heavy atom. The Labute approximate surface area is 288 Å². The van der Waals surface area contributed by atoms with Crippen molar-refractivity contribution in [2.45, 2.75) is 13.8 Å². The Kier molecular flexibility index (Phi) is 14.2. The molecule has 4 heteroatoms. The second-order valence-electron chi connectivity index (χ2n) is 10.7. The van der Waals surface area contributed by atoms with E-state index >= 15 is 0 Å². The molecule has 0 aliphatic heterocycles. The predicted molar refractivity (Wildman–Crippen MR) is 198 cm³/mol. The summed E-state index contributed by atoms with van der Waals surface area (Å²) in [6.07, 6.45) is 0. The summed E-state index contributed by atoms with van der Waals surface area (Å²) in [5.41, 5.74) is 7.94. The molecule has 0 fully saturated rings. The average Bonchev–Trinajstić information content (AvgIpc) is 3.62. The van der Waals surface area contributed by atoms with Crippen LogP contribution in [0, 0.1) is 28.7 Å².